The van der Waals surface area contributed by atoms with Crippen LogP contribution in [0, 0.1) is 5.92 Å². The van der Waals surface area contributed by atoms with Crippen LogP contribution in [0.5, 0.6) is 0 Å². The van der Waals surface area contributed by atoms with Gasteiger partial charge in [0.15, 0.2) is 0 Å². The lowest BCUT2D eigenvalue weighted by molar-refractivity contribution is -0.130. The molecule has 0 aromatic heterocycles. The first kappa shape index (κ1) is 12.9. The monoisotopic (exact) mass is 238 g/mol. The number of amides is 1. The van der Waals surface area contributed by atoms with Crippen LogP contribution in [0.25, 0.3) is 0 Å². The number of nitrogens with zero attached hydrogens (tertiary/aromatic N) is 1. The van der Waals surface area contributed by atoms with Gasteiger partial charge in [-0.3, -0.25) is 10.1 Å². The molecular formula is C14H26N2O. The van der Waals surface area contributed by atoms with Gasteiger partial charge < -0.3 is 4.90 Å². The van der Waals surface area contributed by atoms with Crippen molar-refractivity contribution >= 4 is 5.91 Å². The fourth-order valence-electron chi connectivity index (χ4n) is 3.34. The van der Waals surface area contributed by atoms with Gasteiger partial charge in [-0.05, 0) is 32.1 Å². The molecule has 1 saturated carbocycles. The van der Waals surface area contributed by atoms with Crippen LogP contribution in [0.1, 0.15) is 58.8 Å². The molecule has 2 fully saturated rings. The summed E-state index contributed by atoms with van der Waals surface area (Å²) in [7, 11) is 0. The molecule has 1 aliphatic heterocycles. The Balaban J connectivity index is 1.98. The average molecular weight is 238 g/mol. The lowest BCUT2D eigenvalue weighted by Gasteiger charge is -2.27. The van der Waals surface area contributed by atoms with Crippen LogP contribution in [0.15, 0.2) is 0 Å². The zero-order valence-electron chi connectivity index (χ0n) is 11.2. The second-order valence-electron chi connectivity index (χ2n) is 5.48. The van der Waals surface area contributed by atoms with Gasteiger partial charge in [0, 0.05) is 6.54 Å². The summed E-state index contributed by atoms with van der Waals surface area (Å²) in [4.78, 5) is 14.4. The summed E-state index contributed by atoms with van der Waals surface area (Å²) in [6.45, 7) is 5.14. The van der Waals surface area contributed by atoms with Crippen LogP contribution in [-0.4, -0.2) is 29.6 Å². The van der Waals surface area contributed by atoms with Crippen LogP contribution < -0.4 is 5.32 Å². The normalized spacial score (nSPS) is 30.5. The van der Waals surface area contributed by atoms with Gasteiger partial charge in [0.2, 0.25) is 5.91 Å². The Morgan fingerprint density at radius 3 is 2.59 bits per heavy atom. The molecule has 1 N–H and O–H groups in total. The van der Waals surface area contributed by atoms with Crippen molar-refractivity contribution in [2.45, 2.75) is 71.0 Å². The van der Waals surface area contributed by atoms with E-state index in [1.54, 1.807) is 0 Å². The highest BCUT2D eigenvalue weighted by Crippen LogP contribution is 2.32. The molecule has 2 rings (SSSR count). The maximum absolute atomic E-state index is 12.3. The topological polar surface area (TPSA) is 32.3 Å². The molecule has 0 radical (unpaired) electrons. The lowest BCUT2D eigenvalue weighted by atomic mass is 10.0. The molecule has 3 nitrogen and oxygen atoms in total. The molecule has 0 spiro atoms. The Hall–Kier alpha value is -0.570. The molecule has 17 heavy (non-hydrogen) atoms. The van der Waals surface area contributed by atoms with E-state index >= 15 is 0 Å². The van der Waals surface area contributed by atoms with Crippen LogP contribution in [0.3, 0.4) is 0 Å². The van der Waals surface area contributed by atoms with Gasteiger partial charge in [0.25, 0.3) is 0 Å². The minimum absolute atomic E-state index is 0.0977. The van der Waals surface area contributed by atoms with Crippen molar-refractivity contribution in [1.82, 2.24) is 10.2 Å². The molecule has 1 amide bonds. The lowest BCUT2D eigenvalue weighted by Crippen LogP contribution is -2.42. The molecule has 2 aliphatic rings. The number of unbranched alkanes of at least 4 members (excludes halogenated alkanes) is 1. The van der Waals surface area contributed by atoms with E-state index in [0.717, 1.165) is 19.4 Å². The Labute approximate surface area is 105 Å². The van der Waals surface area contributed by atoms with Gasteiger partial charge in [-0.2, -0.15) is 0 Å². The predicted molar refractivity (Wildman–Crippen MR) is 69.6 cm³/mol. The average Bonchev–Trinajstić information content (AvgIpc) is 2.94. The molecule has 0 bridgehead atoms. The molecule has 1 saturated heterocycles. The third-order valence-corrected chi connectivity index (χ3v) is 4.32. The van der Waals surface area contributed by atoms with E-state index in [0.29, 0.717) is 18.0 Å². The van der Waals surface area contributed by atoms with Crippen molar-refractivity contribution in [1.29, 1.82) is 0 Å². The molecule has 0 aromatic carbocycles. The summed E-state index contributed by atoms with van der Waals surface area (Å²) >= 11 is 0. The molecule has 98 valence electrons. The molecule has 1 heterocycles. The highest BCUT2D eigenvalue weighted by Gasteiger charge is 2.41. The summed E-state index contributed by atoms with van der Waals surface area (Å²) < 4.78 is 0. The van der Waals surface area contributed by atoms with Gasteiger partial charge in [0.05, 0.1) is 12.2 Å². The summed E-state index contributed by atoms with van der Waals surface area (Å²) in [6.07, 6.45) is 8.93. The second-order valence-corrected chi connectivity index (χ2v) is 5.48. The largest absolute Gasteiger partial charge is 0.326 e. The van der Waals surface area contributed by atoms with E-state index in [1.165, 1.54) is 32.1 Å². The Morgan fingerprint density at radius 2 is 2.00 bits per heavy atom. The fraction of sp³-hybridized carbons (Fsp3) is 0.929. The summed E-state index contributed by atoms with van der Waals surface area (Å²) in [5.41, 5.74) is 0. The maximum atomic E-state index is 12.3. The molecule has 3 heteroatoms. The van der Waals surface area contributed by atoms with E-state index in [4.69, 9.17) is 0 Å². The number of rotatable bonds is 5. The van der Waals surface area contributed by atoms with E-state index in [2.05, 4.69) is 24.1 Å². The number of likely N-dealkylation sites (N-methyl/N-ethyl adjacent to an activating group) is 1. The fourth-order valence-corrected chi connectivity index (χ4v) is 3.34. The van der Waals surface area contributed by atoms with Crippen molar-refractivity contribution in [3.63, 3.8) is 0 Å². The standard InChI is InChI=1S/C14H26N2O/c1-3-5-10-12-14(17)16(4-2)13(15-12)11-8-6-7-9-11/h11-13,15H,3-10H2,1-2H3. The van der Waals surface area contributed by atoms with Gasteiger partial charge in [-0.25, -0.2) is 0 Å². The minimum Gasteiger partial charge on any atom is -0.326 e. The van der Waals surface area contributed by atoms with Crippen LogP contribution in [-0.2, 0) is 4.79 Å². The number of carbonyl (C=O) groups excluding carboxylic acids is 1. The first-order valence-electron chi connectivity index (χ1n) is 7.34. The summed E-state index contributed by atoms with van der Waals surface area (Å²) in [5, 5.41) is 3.59. The molecule has 1 aliphatic carbocycles. The number of carbonyl (C=O) groups is 1. The van der Waals surface area contributed by atoms with Crippen molar-refractivity contribution < 1.29 is 4.79 Å². The third-order valence-electron chi connectivity index (χ3n) is 4.32. The number of hydrogen-bond acceptors (Lipinski definition) is 2. The predicted octanol–water partition coefficient (Wildman–Crippen LogP) is 2.51. The van der Waals surface area contributed by atoms with Crippen molar-refractivity contribution in [3.8, 4) is 0 Å². The van der Waals surface area contributed by atoms with Crippen LogP contribution in [0.2, 0.25) is 0 Å². The SMILES string of the molecule is CCCCC1NC(C2CCCC2)N(CC)C1=O. The third kappa shape index (κ3) is 2.65. The van der Waals surface area contributed by atoms with Crippen molar-refractivity contribution in [2.24, 2.45) is 5.92 Å². The number of hydrogen-bond donors (Lipinski definition) is 1. The Bertz CT molecular complexity index is 261. The van der Waals surface area contributed by atoms with E-state index < -0.39 is 0 Å². The summed E-state index contributed by atoms with van der Waals surface area (Å²) in [6, 6.07) is 0.0977. The Morgan fingerprint density at radius 1 is 1.29 bits per heavy atom. The van der Waals surface area contributed by atoms with Gasteiger partial charge in [-0.1, -0.05) is 32.6 Å². The second kappa shape index (κ2) is 5.85. The van der Waals surface area contributed by atoms with E-state index in [-0.39, 0.29) is 6.04 Å². The van der Waals surface area contributed by atoms with Crippen molar-refractivity contribution in [2.75, 3.05) is 6.54 Å². The van der Waals surface area contributed by atoms with Crippen molar-refractivity contribution in [3.05, 3.63) is 0 Å². The quantitative estimate of drug-likeness (QED) is 0.798. The van der Waals surface area contributed by atoms with Crippen LogP contribution >= 0.6 is 0 Å². The zero-order valence-corrected chi connectivity index (χ0v) is 11.2. The minimum atomic E-state index is 0.0977. The van der Waals surface area contributed by atoms with E-state index in [1.807, 2.05) is 0 Å². The summed E-state index contributed by atoms with van der Waals surface area (Å²) in [5.74, 6) is 1.04. The smallest absolute Gasteiger partial charge is 0.241 e. The van der Waals surface area contributed by atoms with Gasteiger partial charge in [0.1, 0.15) is 0 Å². The maximum Gasteiger partial charge on any atom is 0.241 e. The highest BCUT2D eigenvalue weighted by molar-refractivity contribution is 5.84. The zero-order chi connectivity index (χ0) is 12.3. The van der Waals surface area contributed by atoms with E-state index in [9.17, 15) is 4.79 Å². The number of nitrogens with one attached hydrogen (secondary N) is 1. The highest BCUT2D eigenvalue weighted by atomic mass is 16.2. The van der Waals surface area contributed by atoms with Gasteiger partial charge >= 0.3 is 0 Å². The molecule has 0 aromatic rings. The molecule has 2 unspecified atom stereocenters. The Kier molecular flexibility index (Phi) is 4.43. The van der Waals surface area contributed by atoms with Crippen LogP contribution in [0.4, 0.5) is 0 Å². The van der Waals surface area contributed by atoms with Gasteiger partial charge in [-0.15, -0.1) is 0 Å². The first-order valence-corrected chi connectivity index (χ1v) is 7.34. The first-order chi connectivity index (χ1) is 8.27. The molecular weight excluding hydrogens is 212 g/mol. The molecule has 2 atom stereocenters.